The summed E-state index contributed by atoms with van der Waals surface area (Å²) in [5, 5.41) is 0. The van der Waals surface area contributed by atoms with Gasteiger partial charge >= 0.3 is 0 Å². The number of hydrogen-bond acceptors (Lipinski definition) is 3. The Morgan fingerprint density at radius 1 is 1.43 bits per heavy atom. The van der Waals surface area contributed by atoms with E-state index in [0.29, 0.717) is 0 Å². The lowest BCUT2D eigenvalue weighted by atomic mass is 10.0. The second-order valence-corrected chi connectivity index (χ2v) is 3.08. The Morgan fingerprint density at radius 3 is 3.07 bits per heavy atom. The van der Waals surface area contributed by atoms with Crippen molar-refractivity contribution in [3.8, 4) is 0 Å². The Balaban J connectivity index is 2.41. The third kappa shape index (κ3) is 1.66. The maximum absolute atomic E-state index is 5.33. The molecule has 3 nitrogen and oxygen atoms in total. The first kappa shape index (κ1) is 8.94. The van der Waals surface area contributed by atoms with E-state index in [1.165, 1.54) is 0 Å². The summed E-state index contributed by atoms with van der Waals surface area (Å²) in [6.45, 7) is 0. The number of ether oxygens (including phenoxy) is 1. The minimum atomic E-state index is 0.924. The molecule has 2 rings (SSSR count). The van der Waals surface area contributed by atoms with Gasteiger partial charge in [0, 0.05) is 18.2 Å². The van der Waals surface area contributed by atoms with Crippen LogP contribution in [-0.2, 0) is 4.74 Å². The van der Waals surface area contributed by atoms with Crippen LogP contribution in [0.4, 0.5) is 0 Å². The lowest BCUT2D eigenvalue weighted by molar-refractivity contribution is 0.279. The fourth-order valence-corrected chi connectivity index (χ4v) is 1.53. The Morgan fingerprint density at radius 2 is 2.36 bits per heavy atom. The highest BCUT2D eigenvalue weighted by Crippen LogP contribution is 2.25. The number of rotatable bonds is 2. The smallest absolute Gasteiger partial charge is 0.116 e. The first-order valence-electron chi connectivity index (χ1n) is 4.62. The molecule has 1 aromatic rings. The van der Waals surface area contributed by atoms with E-state index in [4.69, 9.17) is 4.74 Å². The minimum absolute atomic E-state index is 0.924. The number of allylic oxidation sites excluding steroid dienone is 4. The van der Waals surface area contributed by atoms with Crippen molar-refractivity contribution in [3.63, 3.8) is 0 Å². The summed E-state index contributed by atoms with van der Waals surface area (Å²) in [5.74, 6) is 1.01. The fourth-order valence-electron chi connectivity index (χ4n) is 1.53. The van der Waals surface area contributed by atoms with E-state index in [2.05, 4.69) is 22.1 Å². The summed E-state index contributed by atoms with van der Waals surface area (Å²) in [6.07, 6.45) is 9.48. The highest BCUT2D eigenvalue weighted by Gasteiger charge is 2.11. The second kappa shape index (κ2) is 4.05. The molecule has 0 unspecified atom stereocenters. The summed E-state index contributed by atoms with van der Waals surface area (Å²) in [5.41, 5.74) is 1.99. The van der Waals surface area contributed by atoms with Crippen LogP contribution >= 0.6 is 0 Å². The molecule has 0 atom stereocenters. The van der Waals surface area contributed by atoms with Gasteiger partial charge < -0.3 is 4.74 Å². The van der Waals surface area contributed by atoms with Crippen molar-refractivity contribution in [1.29, 1.82) is 0 Å². The zero-order valence-electron chi connectivity index (χ0n) is 8.10. The molecular formula is C11H12N2O. The molecule has 1 aromatic heterocycles. The van der Waals surface area contributed by atoms with Crippen LogP contribution in [0, 0.1) is 0 Å². The third-order valence-electron chi connectivity index (χ3n) is 2.23. The van der Waals surface area contributed by atoms with E-state index in [0.717, 1.165) is 29.9 Å². The van der Waals surface area contributed by atoms with Crippen LogP contribution in [0.5, 0.6) is 0 Å². The largest absolute Gasteiger partial charge is 0.500 e. The topological polar surface area (TPSA) is 35.0 Å². The van der Waals surface area contributed by atoms with E-state index in [1.807, 2.05) is 6.07 Å². The molecule has 0 fully saturated rings. The van der Waals surface area contributed by atoms with Crippen molar-refractivity contribution < 1.29 is 4.74 Å². The van der Waals surface area contributed by atoms with Gasteiger partial charge in [-0.05, 0) is 12.5 Å². The molecule has 0 bridgehead atoms. The molecule has 0 radical (unpaired) electrons. The van der Waals surface area contributed by atoms with Gasteiger partial charge in [0.2, 0.25) is 0 Å². The van der Waals surface area contributed by atoms with Crippen molar-refractivity contribution in [1.82, 2.24) is 9.97 Å². The molecule has 72 valence electrons. The predicted octanol–water partition coefficient (Wildman–Crippen LogP) is 2.18. The Labute approximate surface area is 83.2 Å². The molecule has 0 saturated carbocycles. The normalized spacial score (nSPS) is 15.8. The van der Waals surface area contributed by atoms with Gasteiger partial charge in [0.25, 0.3) is 0 Å². The summed E-state index contributed by atoms with van der Waals surface area (Å²) in [4.78, 5) is 8.09. The van der Waals surface area contributed by atoms with Crippen molar-refractivity contribution in [2.75, 3.05) is 7.11 Å². The van der Waals surface area contributed by atoms with Gasteiger partial charge in [0.05, 0.1) is 12.8 Å². The van der Waals surface area contributed by atoms with Crippen molar-refractivity contribution in [2.24, 2.45) is 0 Å². The molecule has 0 aliphatic heterocycles. The molecule has 1 aliphatic rings. The quantitative estimate of drug-likeness (QED) is 0.713. The number of hydrogen-bond donors (Lipinski definition) is 0. The van der Waals surface area contributed by atoms with E-state index < -0.39 is 0 Å². The Hall–Kier alpha value is -1.64. The molecule has 0 aromatic carbocycles. The SMILES string of the molecule is COC1=C(c2ccncn2)C=CCC1. The standard InChI is InChI=1S/C11H12N2O/c1-14-11-5-3-2-4-9(11)10-6-7-12-8-13-10/h2,4,6-8H,3,5H2,1H3. The highest BCUT2D eigenvalue weighted by molar-refractivity contribution is 5.74. The van der Waals surface area contributed by atoms with Gasteiger partial charge in [-0.1, -0.05) is 12.2 Å². The lowest BCUT2D eigenvalue weighted by Crippen LogP contribution is -1.98. The van der Waals surface area contributed by atoms with E-state index in [1.54, 1.807) is 19.6 Å². The summed E-state index contributed by atoms with van der Waals surface area (Å²) >= 11 is 0. The molecule has 0 saturated heterocycles. The zero-order chi connectivity index (χ0) is 9.80. The van der Waals surface area contributed by atoms with Crippen LogP contribution in [0.1, 0.15) is 18.5 Å². The fraction of sp³-hybridized carbons (Fsp3) is 0.273. The summed E-state index contributed by atoms with van der Waals surface area (Å²) in [6, 6.07) is 1.89. The second-order valence-electron chi connectivity index (χ2n) is 3.08. The number of methoxy groups -OCH3 is 1. The van der Waals surface area contributed by atoms with Gasteiger partial charge in [-0.3, -0.25) is 0 Å². The molecule has 0 N–H and O–H groups in total. The van der Waals surface area contributed by atoms with Crippen LogP contribution in [0.2, 0.25) is 0 Å². The van der Waals surface area contributed by atoms with Crippen LogP contribution in [0.3, 0.4) is 0 Å². The van der Waals surface area contributed by atoms with Gasteiger partial charge in [0.1, 0.15) is 12.1 Å². The predicted molar refractivity (Wildman–Crippen MR) is 54.3 cm³/mol. The van der Waals surface area contributed by atoms with E-state index >= 15 is 0 Å². The van der Waals surface area contributed by atoms with Gasteiger partial charge in [-0.25, -0.2) is 9.97 Å². The van der Waals surface area contributed by atoms with E-state index in [9.17, 15) is 0 Å². The van der Waals surface area contributed by atoms with Crippen LogP contribution < -0.4 is 0 Å². The number of nitrogens with zero attached hydrogens (tertiary/aromatic N) is 2. The molecule has 14 heavy (non-hydrogen) atoms. The average molecular weight is 188 g/mol. The van der Waals surface area contributed by atoms with Crippen molar-refractivity contribution in [2.45, 2.75) is 12.8 Å². The highest BCUT2D eigenvalue weighted by atomic mass is 16.5. The van der Waals surface area contributed by atoms with Crippen molar-refractivity contribution in [3.05, 3.63) is 42.2 Å². The first-order chi connectivity index (χ1) is 6.92. The van der Waals surface area contributed by atoms with Gasteiger partial charge in [0.15, 0.2) is 0 Å². The van der Waals surface area contributed by atoms with Gasteiger partial charge in [-0.2, -0.15) is 0 Å². The molecule has 1 aliphatic carbocycles. The summed E-state index contributed by atoms with van der Waals surface area (Å²) < 4.78 is 5.33. The zero-order valence-corrected chi connectivity index (χ0v) is 8.10. The summed E-state index contributed by atoms with van der Waals surface area (Å²) in [7, 11) is 1.70. The monoisotopic (exact) mass is 188 g/mol. The molecule has 3 heteroatoms. The van der Waals surface area contributed by atoms with Crippen LogP contribution in [-0.4, -0.2) is 17.1 Å². The molecule has 1 heterocycles. The Bertz CT molecular complexity index is 368. The van der Waals surface area contributed by atoms with Gasteiger partial charge in [-0.15, -0.1) is 0 Å². The molecular weight excluding hydrogens is 176 g/mol. The third-order valence-corrected chi connectivity index (χ3v) is 2.23. The Kier molecular flexibility index (Phi) is 2.58. The molecule has 0 amide bonds. The first-order valence-corrected chi connectivity index (χ1v) is 4.62. The minimum Gasteiger partial charge on any atom is -0.500 e. The average Bonchev–Trinajstić information content (AvgIpc) is 2.30. The maximum atomic E-state index is 5.33. The lowest BCUT2D eigenvalue weighted by Gasteiger charge is -2.13. The van der Waals surface area contributed by atoms with Crippen LogP contribution in [0.15, 0.2) is 36.5 Å². The maximum Gasteiger partial charge on any atom is 0.116 e. The van der Waals surface area contributed by atoms with Crippen molar-refractivity contribution >= 4 is 5.57 Å². The van der Waals surface area contributed by atoms with Crippen LogP contribution in [0.25, 0.3) is 5.57 Å². The number of aromatic nitrogens is 2. The molecule has 0 spiro atoms. The van der Waals surface area contributed by atoms with E-state index in [-0.39, 0.29) is 0 Å².